The molecule has 1 atom stereocenters. The van der Waals surface area contributed by atoms with Crippen LogP contribution in [0.3, 0.4) is 0 Å². The van der Waals surface area contributed by atoms with Crippen molar-refractivity contribution >= 4 is 40.7 Å². The summed E-state index contributed by atoms with van der Waals surface area (Å²) in [5.74, 6) is 0.972. The predicted molar refractivity (Wildman–Crippen MR) is 129 cm³/mol. The van der Waals surface area contributed by atoms with Crippen molar-refractivity contribution in [3.05, 3.63) is 57.6 Å². The third-order valence-corrected chi connectivity index (χ3v) is 7.55. The SMILES string of the molecule is CCc1cccc(CC)c1-n1c(S[C@@H]2CCCCC2=O)nnc1-c1ccc(Cl)cc1Cl. The van der Waals surface area contributed by atoms with E-state index in [9.17, 15) is 4.79 Å². The fourth-order valence-electron chi connectivity index (χ4n) is 4.10. The first-order valence-electron chi connectivity index (χ1n) is 10.7. The second-order valence-corrected chi connectivity index (χ2v) is 9.73. The normalized spacial score (nSPS) is 16.6. The summed E-state index contributed by atoms with van der Waals surface area (Å²) >= 11 is 14.2. The highest BCUT2D eigenvalue weighted by molar-refractivity contribution is 8.00. The van der Waals surface area contributed by atoms with Gasteiger partial charge in [-0.25, -0.2) is 0 Å². The lowest BCUT2D eigenvalue weighted by atomic mass is 9.99. The lowest BCUT2D eigenvalue weighted by Crippen LogP contribution is -2.22. The Bertz CT molecular complexity index is 1090. The van der Waals surface area contributed by atoms with Crippen LogP contribution in [-0.2, 0) is 17.6 Å². The van der Waals surface area contributed by atoms with Gasteiger partial charge >= 0.3 is 0 Å². The topological polar surface area (TPSA) is 47.8 Å². The molecule has 4 nitrogen and oxygen atoms in total. The zero-order valence-electron chi connectivity index (χ0n) is 17.7. The highest BCUT2D eigenvalue weighted by Crippen LogP contribution is 2.38. The quantitative estimate of drug-likeness (QED) is 0.387. The van der Waals surface area contributed by atoms with Gasteiger partial charge in [-0.05, 0) is 55.0 Å². The molecular weight excluding hydrogens is 449 g/mol. The molecule has 31 heavy (non-hydrogen) atoms. The van der Waals surface area contributed by atoms with Gasteiger partial charge in [-0.2, -0.15) is 0 Å². The molecule has 0 radical (unpaired) electrons. The Morgan fingerprint density at radius 2 is 1.81 bits per heavy atom. The number of carbonyl (C=O) groups excluding carboxylic acids is 1. The third kappa shape index (κ3) is 4.55. The van der Waals surface area contributed by atoms with Crippen molar-refractivity contribution in [2.24, 2.45) is 0 Å². The molecule has 4 rings (SSSR count). The van der Waals surface area contributed by atoms with Gasteiger partial charge in [0.2, 0.25) is 0 Å². The van der Waals surface area contributed by atoms with E-state index in [1.165, 1.54) is 22.9 Å². The predicted octanol–water partition coefficient (Wildman–Crippen LogP) is 6.97. The molecule has 0 N–H and O–H groups in total. The van der Waals surface area contributed by atoms with E-state index in [-0.39, 0.29) is 5.25 Å². The number of para-hydroxylation sites is 1. The first-order chi connectivity index (χ1) is 15.0. The number of Topliss-reactive ketones (excluding diaryl/α,β-unsaturated/α-hetero) is 1. The molecule has 1 aliphatic rings. The second-order valence-electron chi connectivity index (χ2n) is 7.72. The molecule has 0 saturated heterocycles. The van der Waals surface area contributed by atoms with Gasteiger partial charge in [-0.15, -0.1) is 10.2 Å². The molecule has 0 bridgehead atoms. The third-order valence-electron chi connectivity index (χ3n) is 5.74. The van der Waals surface area contributed by atoms with Crippen molar-refractivity contribution in [2.75, 3.05) is 0 Å². The van der Waals surface area contributed by atoms with Gasteiger partial charge in [-0.1, -0.05) is 73.4 Å². The number of ketones is 1. The van der Waals surface area contributed by atoms with Gasteiger partial charge in [0.25, 0.3) is 0 Å². The van der Waals surface area contributed by atoms with Crippen LogP contribution >= 0.6 is 35.0 Å². The number of halogens is 2. The Labute approximate surface area is 197 Å². The largest absolute Gasteiger partial charge is 0.298 e. The van der Waals surface area contributed by atoms with Crippen molar-refractivity contribution in [1.82, 2.24) is 14.8 Å². The van der Waals surface area contributed by atoms with Crippen LogP contribution in [-0.4, -0.2) is 25.8 Å². The maximum absolute atomic E-state index is 12.5. The number of aromatic nitrogens is 3. The van der Waals surface area contributed by atoms with Crippen LogP contribution in [0.1, 0.15) is 50.7 Å². The molecule has 3 aromatic rings. The molecule has 1 fully saturated rings. The second kappa shape index (κ2) is 9.76. The smallest absolute Gasteiger partial charge is 0.196 e. The average molecular weight is 474 g/mol. The Kier molecular flexibility index (Phi) is 7.05. The summed E-state index contributed by atoms with van der Waals surface area (Å²) in [6, 6.07) is 11.8. The van der Waals surface area contributed by atoms with Crippen LogP contribution in [0.25, 0.3) is 17.1 Å². The van der Waals surface area contributed by atoms with E-state index < -0.39 is 0 Å². The molecule has 1 heterocycles. The first-order valence-corrected chi connectivity index (χ1v) is 12.4. The molecule has 1 saturated carbocycles. The molecule has 2 aromatic carbocycles. The number of rotatable bonds is 6. The minimum absolute atomic E-state index is 0.0795. The van der Waals surface area contributed by atoms with Crippen molar-refractivity contribution in [3.63, 3.8) is 0 Å². The number of hydrogen-bond acceptors (Lipinski definition) is 4. The zero-order chi connectivity index (χ0) is 22.0. The van der Waals surface area contributed by atoms with Gasteiger partial charge in [0, 0.05) is 17.0 Å². The molecule has 7 heteroatoms. The van der Waals surface area contributed by atoms with Crippen LogP contribution in [0.2, 0.25) is 10.0 Å². The number of thioether (sulfide) groups is 1. The fourth-order valence-corrected chi connectivity index (χ4v) is 5.75. The number of carbonyl (C=O) groups is 1. The van der Waals surface area contributed by atoms with Crippen LogP contribution in [0.4, 0.5) is 0 Å². The highest BCUT2D eigenvalue weighted by atomic mass is 35.5. The van der Waals surface area contributed by atoms with E-state index in [0.29, 0.717) is 28.1 Å². The molecule has 0 spiro atoms. The van der Waals surface area contributed by atoms with Crippen molar-refractivity contribution in [3.8, 4) is 17.1 Å². The summed E-state index contributed by atoms with van der Waals surface area (Å²) in [4.78, 5) is 12.5. The van der Waals surface area contributed by atoms with Crippen molar-refractivity contribution in [2.45, 2.75) is 62.8 Å². The number of aryl methyl sites for hydroxylation is 2. The van der Waals surface area contributed by atoms with Crippen LogP contribution in [0.5, 0.6) is 0 Å². The molecule has 1 aromatic heterocycles. The van der Waals surface area contributed by atoms with E-state index in [1.54, 1.807) is 6.07 Å². The van der Waals surface area contributed by atoms with Crippen molar-refractivity contribution in [1.29, 1.82) is 0 Å². The van der Waals surface area contributed by atoms with E-state index in [2.05, 4.69) is 46.8 Å². The van der Waals surface area contributed by atoms with Crippen LogP contribution in [0, 0.1) is 0 Å². The monoisotopic (exact) mass is 473 g/mol. The highest BCUT2D eigenvalue weighted by Gasteiger charge is 2.28. The van der Waals surface area contributed by atoms with Gasteiger partial charge in [0.15, 0.2) is 11.0 Å². The van der Waals surface area contributed by atoms with E-state index in [4.69, 9.17) is 23.2 Å². The average Bonchev–Trinajstić information content (AvgIpc) is 3.17. The minimum Gasteiger partial charge on any atom is -0.298 e. The lowest BCUT2D eigenvalue weighted by molar-refractivity contribution is -0.119. The summed E-state index contributed by atoms with van der Waals surface area (Å²) < 4.78 is 2.10. The Balaban J connectivity index is 1.92. The molecule has 0 amide bonds. The molecular formula is C24H25Cl2N3OS. The number of nitrogens with zero attached hydrogens (tertiary/aromatic N) is 3. The molecule has 1 aliphatic carbocycles. The van der Waals surface area contributed by atoms with E-state index in [1.807, 2.05) is 12.1 Å². The summed E-state index contributed by atoms with van der Waals surface area (Å²) in [7, 11) is 0. The maximum atomic E-state index is 12.5. The summed E-state index contributed by atoms with van der Waals surface area (Å²) in [5, 5.41) is 10.8. The number of hydrogen-bond donors (Lipinski definition) is 0. The molecule has 0 aliphatic heterocycles. The number of benzene rings is 2. The van der Waals surface area contributed by atoms with Crippen molar-refractivity contribution < 1.29 is 4.79 Å². The Morgan fingerprint density at radius 1 is 1.06 bits per heavy atom. The summed E-state index contributed by atoms with van der Waals surface area (Å²) in [5.41, 5.74) is 4.28. The fraction of sp³-hybridized carbons (Fsp3) is 0.375. The summed E-state index contributed by atoms with van der Waals surface area (Å²) in [6.07, 6.45) is 5.33. The minimum atomic E-state index is -0.0795. The Morgan fingerprint density at radius 3 is 2.45 bits per heavy atom. The van der Waals surface area contributed by atoms with E-state index in [0.717, 1.165) is 48.5 Å². The molecule has 162 valence electrons. The van der Waals surface area contributed by atoms with Crippen LogP contribution in [0.15, 0.2) is 41.6 Å². The van der Waals surface area contributed by atoms with Gasteiger partial charge in [-0.3, -0.25) is 9.36 Å². The Hall–Kier alpha value is -1.82. The molecule has 0 unspecified atom stereocenters. The van der Waals surface area contributed by atoms with E-state index >= 15 is 0 Å². The summed E-state index contributed by atoms with van der Waals surface area (Å²) in [6.45, 7) is 4.30. The maximum Gasteiger partial charge on any atom is 0.196 e. The van der Waals surface area contributed by atoms with Gasteiger partial charge in [0.1, 0.15) is 5.78 Å². The van der Waals surface area contributed by atoms with Gasteiger partial charge < -0.3 is 0 Å². The first kappa shape index (κ1) is 22.4. The lowest BCUT2D eigenvalue weighted by Gasteiger charge is -2.22. The zero-order valence-corrected chi connectivity index (χ0v) is 20.0. The standard InChI is InChI=1S/C24H25Cl2N3OS/c1-3-15-8-7-9-16(4-2)22(15)29-23(18-13-12-17(25)14-19(18)26)27-28-24(29)31-21-11-6-5-10-20(21)30/h7-9,12-14,21H,3-6,10-11H2,1-2H3/t21-/m1/s1. The van der Waals surface area contributed by atoms with Crippen LogP contribution < -0.4 is 0 Å². The van der Waals surface area contributed by atoms with Gasteiger partial charge in [0.05, 0.1) is 16.0 Å².